The molecule has 0 N–H and O–H groups in total. The van der Waals surface area contributed by atoms with Crippen molar-refractivity contribution >= 4 is 22.9 Å². The lowest BCUT2D eigenvalue weighted by Gasteiger charge is -2.21. The first-order chi connectivity index (χ1) is 9.31. The second-order valence-electron chi connectivity index (χ2n) is 4.29. The number of hydrogen-bond donors (Lipinski definition) is 0. The van der Waals surface area contributed by atoms with E-state index in [1.165, 1.54) is 0 Å². The highest BCUT2D eigenvalue weighted by Gasteiger charge is 2.11. The zero-order valence-electron chi connectivity index (χ0n) is 10.5. The van der Waals surface area contributed by atoms with Crippen LogP contribution in [0.2, 0.25) is 0 Å². The van der Waals surface area contributed by atoms with Gasteiger partial charge < -0.3 is 0 Å². The number of pyridine rings is 1. The molecule has 0 aliphatic carbocycles. The molecule has 0 fully saturated rings. The Morgan fingerprint density at radius 2 is 1.89 bits per heavy atom. The zero-order valence-corrected chi connectivity index (χ0v) is 10.5. The van der Waals surface area contributed by atoms with Crippen LogP contribution in [-0.4, -0.2) is 23.0 Å². The van der Waals surface area contributed by atoms with Gasteiger partial charge in [-0.1, -0.05) is 18.2 Å². The van der Waals surface area contributed by atoms with Crippen LogP contribution in [0.3, 0.4) is 0 Å². The topological polar surface area (TPSA) is 38.1 Å². The first kappa shape index (κ1) is 11.5. The molecular weight excluding hydrogens is 238 g/mol. The fraction of sp³-hybridized carbons (Fsp3) is 0.0667. The van der Waals surface area contributed by atoms with Gasteiger partial charge in [0.1, 0.15) is 0 Å². The lowest BCUT2D eigenvalue weighted by Crippen LogP contribution is -2.23. The third kappa shape index (κ3) is 1.87. The van der Waals surface area contributed by atoms with Crippen LogP contribution < -0.4 is 5.01 Å². The molecule has 0 bridgehead atoms. The predicted octanol–water partition coefficient (Wildman–Crippen LogP) is 2.75. The van der Waals surface area contributed by atoms with Crippen LogP contribution in [0, 0.1) is 0 Å². The van der Waals surface area contributed by atoms with Crippen LogP contribution >= 0.6 is 0 Å². The van der Waals surface area contributed by atoms with Crippen LogP contribution in [0.5, 0.6) is 0 Å². The number of fused-ring (bicyclic) bond motifs is 1. The van der Waals surface area contributed by atoms with E-state index in [2.05, 4.69) is 4.98 Å². The van der Waals surface area contributed by atoms with E-state index in [0.29, 0.717) is 5.56 Å². The lowest BCUT2D eigenvalue weighted by molar-refractivity contribution is 0.112. The van der Waals surface area contributed by atoms with Gasteiger partial charge in [-0.15, -0.1) is 0 Å². The molecule has 0 atom stereocenters. The van der Waals surface area contributed by atoms with Crippen LogP contribution in [0.1, 0.15) is 10.4 Å². The summed E-state index contributed by atoms with van der Waals surface area (Å²) in [5.41, 5.74) is 2.70. The predicted molar refractivity (Wildman–Crippen MR) is 75.4 cm³/mol. The van der Waals surface area contributed by atoms with Crippen molar-refractivity contribution in [1.29, 1.82) is 0 Å². The summed E-state index contributed by atoms with van der Waals surface area (Å²) >= 11 is 0. The van der Waals surface area contributed by atoms with E-state index in [1.54, 1.807) is 12.4 Å². The fourth-order valence-corrected chi connectivity index (χ4v) is 2.21. The average Bonchev–Trinajstić information content (AvgIpc) is 2.86. The summed E-state index contributed by atoms with van der Waals surface area (Å²) in [5, 5.41) is 2.94. The van der Waals surface area contributed by atoms with Gasteiger partial charge in [0.2, 0.25) is 0 Å². The molecule has 0 radical (unpaired) electrons. The summed E-state index contributed by atoms with van der Waals surface area (Å²) in [6.45, 7) is 0. The molecule has 0 spiro atoms. The van der Waals surface area contributed by atoms with Crippen molar-refractivity contribution < 1.29 is 4.79 Å². The highest BCUT2D eigenvalue weighted by Crippen LogP contribution is 2.22. The number of hydrogen-bond acceptors (Lipinski definition) is 3. The molecule has 19 heavy (non-hydrogen) atoms. The Morgan fingerprint density at radius 1 is 1.16 bits per heavy atom. The minimum absolute atomic E-state index is 0.691. The molecule has 2 heterocycles. The van der Waals surface area contributed by atoms with E-state index in [9.17, 15) is 4.79 Å². The molecule has 94 valence electrons. The number of aldehydes is 1. The van der Waals surface area contributed by atoms with Gasteiger partial charge in [0.15, 0.2) is 6.29 Å². The average molecular weight is 251 g/mol. The van der Waals surface area contributed by atoms with Crippen molar-refractivity contribution in [2.45, 2.75) is 0 Å². The van der Waals surface area contributed by atoms with Gasteiger partial charge in [-0.05, 0) is 18.2 Å². The van der Waals surface area contributed by atoms with Gasteiger partial charge in [-0.25, -0.2) is 0 Å². The molecule has 4 heteroatoms. The number of nitrogens with zero attached hydrogens (tertiary/aromatic N) is 3. The van der Waals surface area contributed by atoms with Gasteiger partial charge in [-0.3, -0.25) is 19.5 Å². The Labute approximate surface area is 110 Å². The van der Waals surface area contributed by atoms with Crippen molar-refractivity contribution in [1.82, 2.24) is 9.66 Å². The van der Waals surface area contributed by atoms with E-state index >= 15 is 0 Å². The maximum Gasteiger partial charge on any atom is 0.152 e. The third-order valence-corrected chi connectivity index (χ3v) is 3.21. The van der Waals surface area contributed by atoms with Crippen molar-refractivity contribution in [2.24, 2.45) is 0 Å². The summed E-state index contributed by atoms with van der Waals surface area (Å²) in [6.07, 6.45) is 6.23. The van der Waals surface area contributed by atoms with Crippen LogP contribution in [-0.2, 0) is 0 Å². The monoisotopic (exact) mass is 251 g/mol. The molecule has 1 aromatic carbocycles. The van der Waals surface area contributed by atoms with Crippen LogP contribution in [0.25, 0.3) is 10.9 Å². The van der Waals surface area contributed by atoms with Crippen molar-refractivity contribution in [2.75, 3.05) is 12.1 Å². The Hall–Kier alpha value is -2.62. The first-order valence-electron chi connectivity index (χ1n) is 6.00. The summed E-state index contributed by atoms with van der Waals surface area (Å²) in [7, 11) is 1.95. The standard InChI is InChI=1S/C15H13N3O/c1-17(13-6-8-16-9-7-13)18-10-12(11-19)14-4-2-3-5-15(14)18/h2-11H,1H3. The highest BCUT2D eigenvalue weighted by atomic mass is 16.1. The SMILES string of the molecule is CN(c1ccncc1)n1cc(C=O)c2ccccc21. The molecule has 2 aromatic heterocycles. The van der Waals surface area contributed by atoms with Gasteiger partial charge >= 0.3 is 0 Å². The molecule has 4 nitrogen and oxygen atoms in total. The number of carbonyl (C=O) groups is 1. The van der Waals surface area contributed by atoms with E-state index in [0.717, 1.165) is 22.9 Å². The number of rotatable bonds is 3. The summed E-state index contributed by atoms with van der Waals surface area (Å²) in [5.74, 6) is 0. The summed E-state index contributed by atoms with van der Waals surface area (Å²) in [6, 6.07) is 11.7. The Morgan fingerprint density at radius 3 is 2.63 bits per heavy atom. The molecular formula is C15H13N3O. The van der Waals surface area contributed by atoms with E-state index < -0.39 is 0 Å². The Bertz CT molecular complexity index is 719. The number of aromatic nitrogens is 2. The lowest BCUT2D eigenvalue weighted by atomic mass is 10.2. The number of benzene rings is 1. The zero-order chi connectivity index (χ0) is 13.2. The molecule has 0 aliphatic rings. The van der Waals surface area contributed by atoms with Crippen LogP contribution in [0.4, 0.5) is 5.69 Å². The number of para-hydroxylation sites is 1. The minimum atomic E-state index is 0.691. The van der Waals surface area contributed by atoms with Crippen LogP contribution in [0.15, 0.2) is 55.0 Å². The second kappa shape index (κ2) is 4.57. The van der Waals surface area contributed by atoms with E-state index in [1.807, 2.05) is 59.3 Å². The quantitative estimate of drug-likeness (QED) is 0.672. The van der Waals surface area contributed by atoms with Gasteiger partial charge in [0.25, 0.3) is 0 Å². The molecule has 0 saturated heterocycles. The van der Waals surface area contributed by atoms with Gasteiger partial charge in [0, 0.05) is 36.6 Å². The smallest absolute Gasteiger partial charge is 0.152 e. The molecule has 0 unspecified atom stereocenters. The minimum Gasteiger partial charge on any atom is -0.298 e. The third-order valence-electron chi connectivity index (χ3n) is 3.21. The maximum absolute atomic E-state index is 11.2. The van der Waals surface area contributed by atoms with E-state index in [4.69, 9.17) is 0 Å². The number of carbonyl (C=O) groups excluding carboxylic acids is 1. The largest absolute Gasteiger partial charge is 0.298 e. The summed E-state index contributed by atoms with van der Waals surface area (Å²) < 4.78 is 1.97. The van der Waals surface area contributed by atoms with Crippen molar-refractivity contribution in [3.63, 3.8) is 0 Å². The van der Waals surface area contributed by atoms with Crippen molar-refractivity contribution in [3.8, 4) is 0 Å². The second-order valence-corrected chi connectivity index (χ2v) is 4.29. The summed E-state index contributed by atoms with van der Waals surface area (Å²) in [4.78, 5) is 15.2. The Balaban J connectivity index is 2.18. The Kier molecular flexibility index (Phi) is 2.76. The van der Waals surface area contributed by atoms with Gasteiger partial charge in [-0.2, -0.15) is 0 Å². The molecule has 0 amide bonds. The highest BCUT2D eigenvalue weighted by molar-refractivity contribution is 5.97. The first-order valence-corrected chi connectivity index (χ1v) is 6.00. The number of anilines is 1. The molecule has 3 rings (SSSR count). The molecule has 0 saturated carbocycles. The molecule has 3 aromatic rings. The fourth-order valence-electron chi connectivity index (χ4n) is 2.21. The van der Waals surface area contributed by atoms with E-state index in [-0.39, 0.29) is 0 Å². The maximum atomic E-state index is 11.2. The van der Waals surface area contributed by atoms with Gasteiger partial charge in [0.05, 0.1) is 11.2 Å². The van der Waals surface area contributed by atoms with Crippen molar-refractivity contribution in [3.05, 3.63) is 60.6 Å². The molecule has 0 aliphatic heterocycles. The normalized spacial score (nSPS) is 10.6.